The fourth-order valence-electron chi connectivity index (χ4n) is 4.22. The largest absolute Gasteiger partial charge is 0.346 e. The van der Waals surface area contributed by atoms with E-state index in [4.69, 9.17) is 0 Å². The van der Waals surface area contributed by atoms with Gasteiger partial charge >= 0.3 is 0 Å². The molecule has 3 aromatic rings. The fourth-order valence-corrected chi connectivity index (χ4v) is 4.22. The number of carbonyl (C=O) groups excluding carboxylic acids is 1. The van der Waals surface area contributed by atoms with E-state index in [9.17, 15) is 4.79 Å². The van der Waals surface area contributed by atoms with Crippen molar-refractivity contribution < 1.29 is 4.79 Å². The lowest BCUT2D eigenvalue weighted by atomic mass is 9.89. The van der Waals surface area contributed by atoms with Crippen LogP contribution in [0.25, 0.3) is 11.0 Å². The predicted molar refractivity (Wildman–Crippen MR) is 99.2 cm³/mol. The molecule has 2 aliphatic rings. The van der Waals surface area contributed by atoms with Crippen LogP contribution in [-0.2, 0) is 7.05 Å². The van der Waals surface area contributed by atoms with Crippen LogP contribution in [0.4, 0.5) is 0 Å². The molecule has 0 aromatic carbocycles. The van der Waals surface area contributed by atoms with Crippen LogP contribution in [0.1, 0.15) is 59.3 Å². The summed E-state index contributed by atoms with van der Waals surface area (Å²) in [6.07, 6.45) is 8.30. The highest BCUT2D eigenvalue weighted by Gasteiger charge is 2.31. The molecule has 4 heterocycles. The summed E-state index contributed by atoms with van der Waals surface area (Å²) in [5, 5.41) is 5.67. The van der Waals surface area contributed by atoms with Crippen molar-refractivity contribution in [2.45, 2.75) is 37.5 Å². The van der Waals surface area contributed by atoms with Crippen LogP contribution in [0.15, 0.2) is 30.6 Å². The molecular formula is C20H23N5O. The molecule has 1 aliphatic carbocycles. The SMILES string of the molecule is Cn1nc(C(=O)N2CCC(c3c[nH]c4ncccc34)CC2)cc1C1CC1. The number of carbonyl (C=O) groups is 1. The second kappa shape index (κ2) is 5.97. The number of nitrogens with zero attached hydrogens (tertiary/aromatic N) is 4. The molecule has 5 rings (SSSR count). The molecule has 26 heavy (non-hydrogen) atoms. The molecule has 0 spiro atoms. The Labute approximate surface area is 152 Å². The first-order valence-corrected chi connectivity index (χ1v) is 9.46. The number of amides is 1. The Kier molecular flexibility index (Phi) is 3.58. The van der Waals surface area contributed by atoms with Gasteiger partial charge in [-0.1, -0.05) is 0 Å². The van der Waals surface area contributed by atoms with Gasteiger partial charge < -0.3 is 9.88 Å². The average molecular weight is 349 g/mol. The van der Waals surface area contributed by atoms with Crippen LogP contribution in [-0.4, -0.2) is 43.6 Å². The fraction of sp³-hybridized carbons (Fsp3) is 0.450. The third kappa shape index (κ3) is 2.60. The number of aromatic nitrogens is 4. The lowest BCUT2D eigenvalue weighted by molar-refractivity contribution is 0.0706. The zero-order valence-corrected chi connectivity index (χ0v) is 15.0. The first kappa shape index (κ1) is 15.6. The topological polar surface area (TPSA) is 66.8 Å². The summed E-state index contributed by atoms with van der Waals surface area (Å²) in [5.74, 6) is 1.16. The van der Waals surface area contributed by atoms with E-state index in [0.29, 0.717) is 17.5 Å². The highest BCUT2D eigenvalue weighted by Crippen LogP contribution is 2.40. The molecule has 1 aliphatic heterocycles. The van der Waals surface area contributed by atoms with Crippen molar-refractivity contribution in [2.75, 3.05) is 13.1 Å². The molecule has 6 nitrogen and oxygen atoms in total. The standard InChI is InChI=1S/C20H23N5O/c1-24-18(14-4-5-14)11-17(23-24)20(26)25-9-6-13(7-10-25)16-12-22-19-15(16)3-2-8-21-19/h2-3,8,11-14H,4-7,9-10H2,1H3,(H,21,22). The molecular weight excluding hydrogens is 326 g/mol. The molecule has 0 bridgehead atoms. The number of piperidine rings is 1. The van der Waals surface area contributed by atoms with Crippen LogP contribution < -0.4 is 0 Å². The average Bonchev–Trinajstić information content (AvgIpc) is 3.31. The zero-order valence-electron chi connectivity index (χ0n) is 15.0. The van der Waals surface area contributed by atoms with Crippen molar-refractivity contribution in [3.63, 3.8) is 0 Å². The molecule has 1 amide bonds. The number of rotatable bonds is 3. The Morgan fingerprint density at radius 2 is 2.00 bits per heavy atom. The van der Waals surface area contributed by atoms with E-state index in [1.54, 1.807) is 0 Å². The van der Waals surface area contributed by atoms with Gasteiger partial charge in [0.25, 0.3) is 5.91 Å². The van der Waals surface area contributed by atoms with Crippen LogP contribution in [0.2, 0.25) is 0 Å². The van der Waals surface area contributed by atoms with Crippen LogP contribution in [0.5, 0.6) is 0 Å². The summed E-state index contributed by atoms with van der Waals surface area (Å²) >= 11 is 0. The van der Waals surface area contributed by atoms with E-state index in [1.807, 2.05) is 35.0 Å². The van der Waals surface area contributed by atoms with E-state index in [-0.39, 0.29) is 5.91 Å². The van der Waals surface area contributed by atoms with Gasteiger partial charge in [-0.05, 0) is 55.4 Å². The minimum Gasteiger partial charge on any atom is -0.346 e. The van der Waals surface area contributed by atoms with Gasteiger partial charge in [-0.15, -0.1) is 0 Å². The summed E-state index contributed by atoms with van der Waals surface area (Å²) in [5.41, 5.74) is 4.08. The van der Waals surface area contributed by atoms with Crippen molar-refractivity contribution in [2.24, 2.45) is 7.05 Å². The maximum absolute atomic E-state index is 12.8. The highest BCUT2D eigenvalue weighted by atomic mass is 16.2. The molecule has 1 N–H and O–H groups in total. The Bertz CT molecular complexity index is 960. The third-order valence-electron chi connectivity index (χ3n) is 5.84. The second-order valence-electron chi connectivity index (χ2n) is 7.56. The number of hydrogen-bond acceptors (Lipinski definition) is 3. The molecule has 0 atom stereocenters. The lowest BCUT2D eigenvalue weighted by Gasteiger charge is -2.31. The number of nitrogens with one attached hydrogen (secondary N) is 1. The van der Waals surface area contributed by atoms with Gasteiger partial charge in [0, 0.05) is 49.5 Å². The number of fused-ring (bicyclic) bond motifs is 1. The Hall–Kier alpha value is -2.63. The molecule has 0 unspecified atom stereocenters. The zero-order chi connectivity index (χ0) is 17.7. The van der Waals surface area contributed by atoms with Crippen LogP contribution in [0.3, 0.4) is 0 Å². The predicted octanol–water partition coefficient (Wildman–Crippen LogP) is 3.19. The van der Waals surface area contributed by atoms with E-state index < -0.39 is 0 Å². The summed E-state index contributed by atoms with van der Waals surface area (Å²) in [6.45, 7) is 1.57. The van der Waals surface area contributed by atoms with Crippen LogP contribution >= 0.6 is 0 Å². The van der Waals surface area contributed by atoms with E-state index in [2.05, 4.69) is 27.3 Å². The van der Waals surface area contributed by atoms with Gasteiger partial charge in [0.15, 0.2) is 5.69 Å². The Balaban J connectivity index is 1.29. The Morgan fingerprint density at radius 1 is 1.19 bits per heavy atom. The summed E-state index contributed by atoms with van der Waals surface area (Å²) in [7, 11) is 1.95. The minimum atomic E-state index is 0.0755. The summed E-state index contributed by atoms with van der Waals surface area (Å²) in [6, 6.07) is 6.10. The van der Waals surface area contributed by atoms with Crippen molar-refractivity contribution in [1.82, 2.24) is 24.6 Å². The highest BCUT2D eigenvalue weighted by molar-refractivity contribution is 5.92. The van der Waals surface area contributed by atoms with Crippen molar-refractivity contribution >= 4 is 16.9 Å². The van der Waals surface area contributed by atoms with Gasteiger partial charge in [-0.2, -0.15) is 5.10 Å². The van der Waals surface area contributed by atoms with Gasteiger partial charge in [-0.3, -0.25) is 9.48 Å². The van der Waals surface area contributed by atoms with Gasteiger partial charge in [0.2, 0.25) is 0 Å². The number of aromatic amines is 1. The normalized spacial score (nSPS) is 18.6. The van der Waals surface area contributed by atoms with Gasteiger partial charge in [-0.25, -0.2) is 4.98 Å². The van der Waals surface area contributed by atoms with Gasteiger partial charge in [0.05, 0.1) is 0 Å². The van der Waals surface area contributed by atoms with Crippen molar-refractivity contribution in [3.8, 4) is 0 Å². The van der Waals surface area contributed by atoms with E-state index >= 15 is 0 Å². The number of H-pyrrole nitrogens is 1. The van der Waals surface area contributed by atoms with Crippen LogP contribution in [0, 0.1) is 0 Å². The molecule has 1 saturated heterocycles. The maximum Gasteiger partial charge on any atom is 0.274 e. The smallest absolute Gasteiger partial charge is 0.274 e. The Morgan fingerprint density at radius 3 is 2.77 bits per heavy atom. The maximum atomic E-state index is 12.8. The summed E-state index contributed by atoms with van der Waals surface area (Å²) in [4.78, 5) is 22.5. The van der Waals surface area contributed by atoms with Crippen molar-refractivity contribution in [3.05, 3.63) is 47.5 Å². The molecule has 134 valence electrons. The first-order chi connectivity index (χ1) is 12.7. The van der Waals surface area contributed by atoms with E-state index in [0.717, 1.165) is 31.6 Å². The quantitative estimate of drug-likeness (QED) is 0.790. The van der Waals surface area contributed by atoms with E-state index in [1.165, 1.54) is 29.5 Å². The molecule has 1 saturated carbocycles. The third-order valence-corrected chi connectivity index (χ3v) is 5.84. The van der Waals surface area contributed by atoms with Gasteiger partial charge in [0.1, 0.15) is 5.65 Å². The minimum absolute atomic E-state index is 0.0755. The molecule has 2 fully saturated rings. The number of likely N-dealkylation sites (tertiary alicyclic amines) is 1. The lowest BCUT2D eigenvalue weighted by Crippen LogP contribution is -2.38. The first-order valence-electron chi connectivity index (χ1n) is 9.46. The number of hydrogen-bond donors (Lipinski definition) is 1. The molecule has 3 aromatic heterocycles. The van der Waals surface area contributed by atoms with Crippen molar-refractivity contribution in [1.29, 1.82) is 0 Å². The summed E-state index contributed by atoms with van der Waals surface area (Å²) < 4.78 is 1.89. The second-order valence-corrected chi connectivity index (χ2v) is 7.56. The molecule has 6 heteroatoms. The number of pyridine rings is 1. The number of aryl methyl sites for hydroxylation is 1. The monoisotopic (exact) mass is 349 g/mol. The molecule has 0 radical (unpaired) electrons.